The van der Waals surface area contributed by atoms with E-state index in [1.54, 1.807) is 18.0 Å². The first-order valence-electron chi connectivity index (χ1n) is 9.31. The predicted molar refractivity (Wildman–Crippen MR) is 104 cm³/mol. The highest BCUT2D eigenvalue weighted by Crippen LogP contribution is 2.38. The van der Waals surface area contributed by atoms with Crippen molar-refractivity contribution in [2.45, 2.75) is 25.7 Å². The van der Waals surface area contributed by atoms with Crippen molar-refractivity contribution in [2.24, 2.45) is 0 Å². The van der Waals surface area contributed by atoms with Crippen LogP contribution in [0.4, 0.5) is 0 Å². The van der Waals surface area contributed by atoms with Gasteiger partial charge < -0.3 is 10.1 Å². The number of nitrogens with zero attached hydrogens (tertiary/aromatic N) is 4. The Hall–Kier alpha value is -2.93. The number of piperidine rings is 1. The van der Waals surface area contributed by atoms with E-state index in [4.69, 9.17) is 4.74 Å². The fourth-order valence-corrected chi connectivity index (χ4v) is 4.11. The van der Waals surface area contributed by atoms with Gasteiger partial charge in [-0.05, 0) is 56.6 Å². The molecule has 4 aromatic rings. The predicted octanol–water partition coefficient (Wildman–Crippen LogP) is 3.06. The van der Waals surface area contributed by atoms with Crippen LogP contribution >= 0.6 is 0 Å². The number of aromatic nitrogens is 5. The van der Waals surface area contributed by atoms with E-state index in [1.165, 1.54) is 5.69 Å². The highest BCUT2D eigenvalue weighted by atomic mass is 16.5. The van der Waals surface area contributed by atoms with Gasteiger partial charge in [-0.15, -0.1) is 0 Å². The van der Waals surface area contributed by atoms with Crippen molar-refractivity contribution in [3.05, 3.63) is 42.0 Å². The molecule has 0 bridgehead atoms. The van der Waals surface area contributed by atoms with Gasteiger partial charge in [0.1, 0.15) is 12.1 Å². The minimum Gasteiger partial charge on any atom is -0.496 e. The molecule has 0 aliphatic carbocycles. The lowest BCUT2D eigenvalue weighted by Gasteiger charge is -2.21. The van der Waals surface area contributed by atoms with Crippen LogP contribution in [0, 0.1) is 6.92 Å². The maximum absolute atomic E-state index is 5.75. The van der Waals surface area contributed by atoms with Crippen LogP contribution in [-0.4, -0.2) is 45.0 Å². The van der Waals surface area contributed by atoms with Crippen molar-refractivity contribution >= 4 is 16.6 Å². The Kier molecular flexibility index (Phi) is 3.82. The standard InChI is InChI=1S/C20H22N6O/c1-12-7-14(10-26-20(12)22-11-23-26)15-8-17-16(9-18(15)27-2)19(25-24-17)13-3-5-21-6-4-13/h7-11,13,21H,3-6H2,1-2H3,(H,24,25). The molecule has 0 amide bonds. The third-order valence-corrected chi connectivity index (χ3v) is 5.52. The number of ether oxygens (including phenoxy) is 1. The van der Waals surface area contributed by atoms with Gasteiger partial charge in [0.15, 0.2) is 5.65 Å². The van der Waals surface area contributed by atoms with Crippen LogP contribution in [0.25, 0.3) is 27.7 Å². The van der Waals surface area contributed by atoms with Crippen molar-refractivity contribution in [1.82, 2.24) is 30.1 Å². The molecule has 1 fully saturated rings. The summed E-state index contributed by atoms with van der Waals surface area (Å²) in [4.78, 5) is 4.30. The molecule has 1 aromatic carbocycles. The molecular formula is C20H22N6O. The minimum absolute atomic E-state index is 0.514. The summed E-state index contributed by atoms with van der Waals surface area (Å²) in [6, 6.07) is 6.34. The summed E-state index contributed by atoms with van der Waals surface area (Å²) in [5.41, 5.74) is 6.18. The normalized spacial score (nSPS) is 15.6. The maximum Gasteiger partial charge on any atom is 0.158 e. The molecule has 4 heterocycles. The van der Waals surface area contributed by atoms with Gasteiger partial charge in [-0.3, -0.25) is 5.10 Å². The van der Waals surface area contributed by atoms with Crippen LogP contribution in [0.2, 0.25) is 0 Å². The van der Waals surface area contributed by atoms with Crippen molar-refractivity contribution in [3.8, 4) is 16.9 Å². The number of H-pyrrole nitrogens is 1. The molecule has 138 valence electrons. The van der Waals surface area contributed by atoms with Crippen LogP contribution < -0.4 is 10.1 Å². The first kappa shape index (κ1) is 16.3. The van der Waals surface area contributed by atoms with E-state index in [9.17, 15) is 0 Å². The quantitative estimate of drug-likeness (QED) is 0.585. The molecule has 5 rings (SSSR count). The highest BCUT2D eigenvalue weighted by molar-refractivity contribution is 5.90. The van der Waals surface area contributed by atoms with E-state index >= 15 is 0 Å². The first-order chi connectivity index (χ1) is 13.2. The number of fused-ring (bicyclic) bond motifs is 2. The second-order valence-corrected chi connectivity index (χ2v) is 7.17. The van der Waals surface area contributed by atoms with Gasteiger partial charge in [-0.2, -0.15) is 10.2 Å². The van der Waals surface area contributed by atoms with Gasteiger partial charge >= 0.3 is 0 Å². The summed E-state index contributed by atoms with van der Waals surface area (Å²) in [5, 5.41) is 16.7. The van der Waals surface area contributed by atoms with E-state index in [2.05, 4.69) is 43.8 Å². The molecule has 3 aromatic heterocycles. The third-order valence-electron chi connectivity index (χ3n) is 5.52. The summed E-state index contributed by atoms with van der Waals surface area (Å²) in [6.45, 7) is 4.15. The van der Waals surface area contributed by atoms with Gasteiger partial charge in [-0.25, -0.2) is 9.50 Å². The smallest absolute Gasteiger partial charge is 0.158 e. The van der Waals surface area contributed by atoms with Crippen LogP contribution in [-0.2, 0) is 0 Å². The van der Waals surface area contributed by atoms with Gasteiger partial charge in [0.2, 0.25) is 0 Å². The Morgan fingerprint density at radius 1 is 1.19 bits per heavy atom. The lowest BCUT2D eigenvalue weighted by molar-refractivity contribution is 0.417. The van der Waals surface area contributed by atoms with Gasteiger partial charge in [0, 0.05) is 34.3 Å². The number of benzene rings is 1. The van der Waals surface area contributed by atoms with Gasteiger partial charge in [-0.1, -0.05) is 0 Å². The number of aryl methyl sites for hydroxylation is 1. The molecule has 0 saturated carbocycles. The number of rotatable bonds is 3. The molecule has 27 heavy (non-hydrogen) atoms. The molecule has 7 nitrogen and oxygen atoms in total. The summed E-state index contributed by atoms with van der Waals surface area (Å²) in [5.74, 6) is 1.36. The lowest BCUT2D eigenvalue weighted by Crippen LogP contribution is -2.26. The van der Waals surface area contributed by atoms with Crippen LogP contribution in [0.3, 0.4) is 0 Å². The summed E-state index contributed by atoms with van der Waals surface area (Å²) in [7, 11) is 1.72. The fourth-order valence-electron chi connectivity index (χ4n) is 4.11. The number of nitrogens with one attached hydrogen (secondary N) is 2. The average molecular weight is 362 g/mol. The molecule has 7 heteroatoms. The Morgan fingerprint density at radius 2 is 2.04 bits per heavy atom. The zero-order chi connectivity index (χ0) is 18.4. The molecule has 1 aliphatic rings. The SMILES string of the molecule is COc1cc2c(C3CCNCC3)[nH]nc2cc1-c1cc(C)c2ncnn2c1. The Balaban J connectivity index is 1.66. The van der Waals surface area contributed by atoms with Gasteiger partial charge in [0.25, 0.3) is 0 Å². The molecule has 0 unspecified atom stereocenters. The topological polar surface area (TPSA) is 80.1 Å². The maximum atomic E-state index is 5.75. The molecule has 1 saturated heterocycles. The molecular weight excluding hydrogens is 340 g/mol. The molecule has 0 spiro atoms. The van der Waals surface area contributed by atoms with E-state index in [-0.39, 0.29) is 0 Å². The molecule has 0 atom stereocenters. The fraction of sp³-hybridized carbons (Fsp3) is 0.350. The van der Waals surface area contributed by atoms with Crippen LogP contribution in [0.5, 0.6) is 5.75 Å². The minimum atomic E-state index is 0.514. The Bertz CT molecular complexity index is 1120. The van der Waals surface area contributed by atoms with E-state index in [0.29, 0.717) is 5.92 Å². The van der Waals surface area contributed by atoms with Crippen molar-refractivity contribution in [1.29, 1.82) is 0 Å². The second kappa shape index (κ2) is 6.35. The summed E-state index contributed by atoms with van der Waals surface area (Å²) < 4.78 is 7.56. The third kappa shape index (κ3) is 2.66. The number of hydrogen-bond donors (Lipinski definition) is 2. The number of methoxy groups -OCH3 is 1. The van der Waals surface area contributed by atoms with Gasteiger partial charge in [0.05, 0.1) is 12.6 Å². The highest BCUT2D eigenvalue weighted by Gasteiger charge is 2.21. The molecule has 2 N–H and O–H groups in total. The summed E-state index contributed by atoms with van der Waals surface area (Å²) in [6.07, 6.45) is 5.82. The number of hydrogen-bond acceptors (Lipinski definition) is 5. The average Bonchev–Trinajstić information content (AvgIpc) is 3.34. The van der Waals surface area contributed by atoms with Crippen LogP contribution in [0.15, 0.2) is 30.7 Å². The lowest BCUT2D eigenvalue weighted by atomic mass is 9.92. The van der Waals surface area contributed by atoms with E-state index in [0.717, 1.165) is 64.9 Å². The summed E-state index contributed by atoms with van der Waals surface area (Å²) >= 11 is 0. The number of aromatic amines is 1. The van der Waals surface area contributed by atoms with E-state index < -0.39 is 0 Å². The van der Waals surface area contributed by atoms with Crippen LogP contribution in [0.1, 0.15) is 30.0 Å². The first-order valence-corrected chi connectivity index (χ1v) is 9.31. The van der Waals surface area contributed by atoms with E-state index in [1.807, 2.05) is 13.1 Å². The Labute approximate surface area is 156 Å². The monoisotopic (exact) mass is 362 g/mol. The molecule has 1 aliphatic heterocycles. The van der Waals surface area contributed by atoms with Crippen molar-refractivity contribution in [3.63, 3.8) is 0 Å². The van der Waals surface area contributed by atoms with Crippen molar-refractivity contribution < 1.29 is 4.74 Å². The zero-order valence-corrected chi connectivity index (χ0v) is 15.5. The molecule has 0 radical (unpaired) electrons. The number of pyridine rings is 1. The Morgan fingerprint density at radius 3 is 2.85 bits per heavy atom. The van der Waals surface area contributed by atoms with Crippen molar-refractivity contribution in [2.75, 3.05) is 20.2 Å². The largest absolute Gasteiger partial charge is 0.496 e. The zero-order valence-electron chi connectivity index (χ0n) is 15.5. The second-order valence-electron chi connectivity index (χ2n) is 7.17.